The van der Waals surface area contributed by atoms with Gasteiger partial charge in [-0.25, -0.2) is 4.79 Å². The molecular formula is C9H13NO3S2. The third-order valence-electron chi connectivity index (χ3n) is 2.18. The van der Waals surface area contributed by atoms with E-state index in [1.807, 2.05) is 0 Å². The van der Waals surface area contributed by atoms with E-state index in [2.05, 4.69) is 6.92 Å². The van der Waals surface area contributed by atoms with Crippen molar-refractivity contribution < 1.29 is 14.7 Å². The molecule has 0 saturated carbocycles. The van der Waals surface area contributed by atoms with Gasteiger partial charge in [0, 0.05) is 0 Å². The summed E-state index contributed by atoms with van der Waals surface area (Å²) < 4.78 is 0.161. The Balaban J connectivity index is 2.53. The highest BCUT2D eigenvalue weighted by Gasteiger charge is 2.40. The second-order valence-corrected chi connectivity index (χ2v) is 5.16. The maximum atomic E-state index is 11.6. The molecule has 1 N–H and O–H groups in total. The summed E-state index contributed by atoms with van der Waals surface area (Å²) in [6, 6.07) is 0. The minimum atomic E-state index is -1.27. The van der Waals surface area contributed by atoms with E-state index in [-0.39, 0.29) is 15.5 Å². The highest BCUT2D eigenvalue weighted by molar-refractivity contribution is 8.24. The number of thiocarbonyl (C=S) groups is 1. The van der Waals surface area contributed by atoms with E-state index in [1.54, 1.807) is 0 Å². The van der Waals surface area contributed by atoms with Gasteiger partial charge in [-0.15, -0.1) is 0 Å². The van der Waals surface area contributed by atoms with E-state index in [0.717, 1.165) is 19.3 Å². The molecule has 84 valence electrons. The van der Waals surface area contributed by atoms with Gasteiger partial charge in [-0.3, -0.25) is 4.79 Å². The molecule has 1 fully saturated rings. The van der Waals surface area contributed by atoms with Crippen LogP contribution >= 0.6 is 24.0 Å². The van der Waals surface area contributed by atoms with Crippen LogP contribution in [-0.2, 0) is 4.79 Å². The average molecular weight is 247 g/mol. The van der Waals surface area contributed by atoms with E-state index in [9.17, 15) is 9.59 Å². The van der Waals surface area contributed by atoms with Crippen LogP contribution in [0.3, 0.4) is 0 Å². The fourth-order valence-electron chi connectivity index (χ4n) is 1.39. The molecule has 2 amide bonds. The predicted molar refractivity (Wildman–Crippen MR) is 63.0 cm³/mol. The maximum absolute atomic E-state index is 11.6. The molecule has 1 rings (SSSR count). The summed E-state index contributed by atoms with van der Waals surface area (Å²) in [4.78, 5) is 23.0. The smallest absolute Gasteiger partial charge is 0.419 e. The second-order valence-electron chi connectivity index (χ2n) is 3.32. The molecule has 1 aliphatic heterocycles. The molecule has 15 heavy (non-hydrogen) atoms. The number of rotatable bonds is 4. The lowest BCUT2D eigenvalue weighted by Gasteiger charge is -2.08. The van der Waals surface area contributed by atoms with E-state index in [4.69, 9.17) is 17.3 Å². The Labute approximate surface area is 98.0 Å². The molecular weight excluding hydrogens is 234 g/mol. The number of carboxylic acid groups (broad SMARTS) is 1. The Morgan fingerprint density at radius 2 is 2.27 bits per heavy atom. The number of carbonyl (C=O) groups is 2. The Morgan fingerprint density at radius 1 is 1.60 bits per heavy atom. The summed E-state index contributed by atoms with van der Waals surface area (Å²) in [7, 11) is 0. The lowest BCUT2D eigenvalue weighted by atomic mass is 10.1. The Kier molecular flexibility index (Phi) is 4.53. The van der Waals surface area contributed by atoms with E-state index < -0.39 is 6.09 Å². The zero-order valence-corrected chi connectivity index (χ0v) is 10.1. The van der Waals surface area contributed by atoms with Crippen molar-refractivity contribution in [3.05, 3.63) is 0 Å². The van der Waals surface area contributed by atoms with Crippen LogP contribution in [0.15, 0.2) is 0 Å². The van der Waals surface area contributed by atoms with Crippen LogP contribution in [0.2, 0.25) is 0 Å². The molecule has 0 aromatic carbocycles. The third kappa shape index (κ3) is 2.92. The third-order valence-corrected chi connectivity index (χ3v) is 3.76. The van der Waals surface area contributed by atoms with E-state index in [1.165, 1.54) is 11.8 Å². The quantitative estimate of drug-likeness (QED) is 0.611. The van der Waals surface area contributed by atoms with Gasteiger partial charge in [0.15, 0.2) is 4.32 Å². The van der Waals surface area contributed by atoms with Gasteiger partial charge in [0.2, 0.25) is 0 Å². The lowest BCUT2D eigenvalue weighted by molar-refractivity contribution is -0.124. The zero-order valence-electron chi connectivity index (χ0n) is 8.43. The summed E-state index contributed by atoms with van der Waals surface area (Å²) in [6.45, 7) is 2.08. The zero-order chi connectivity index (χ0) is 11.4. The average Bonchev–Trinajstić information content (AvgIpc) is 2.42. The molecule has 0 aliphatic carbocycles. The summed E-state index contributed by atoms with van der Waals surface area (Å²) in [6.07, 6.45) is 2.52. The summed E-state index contributed by atoms with van der Waals surface area (Å²) in [5.41, 5.74) is 0. The molecule has 1 unspecified atom stereocenters. The number of carbonyl (C=O) groups excluding carboxylic acids is 1. The molecule has 1 atom stereocenters. The normalized spacial score (nSPS) is 21.1. The van der Waals surface area contributed by atoms with Gasteiger partial charge in [-0.05, 0) is 6.42 Å². The van der Waals surface area contributed by atoms with Crippen molar-refractivity contribution in [2.24, 2.45) is 0 Å². The van der Waals surface area contributed by atoms with Crippen LogP contribution in [0, 0.1) is 0 Å². The number of nitrogens with zero attached hydrogens (tertiary/aromatic N) is 1. The SMILES string of the molecule is CCCCCC1SC(=S)N(C(=O)O)C1=O. The maximum Gasteiger partial charge on any atom is 0.419 e. The van der Waals surface area contributed by atoms with Gasteiger partial charge >= 0.3 is 6.09 Å². The van der Waals surface area contributed by atoms with Crippen LogP contribution in [0.4, 0.5) is 4.79 Å². The highest BCUT2D eigenvalue weighted by Crippen LogP contribution is 2.30. The molecule has 1 aliphatic rings. The second kappa shape index (κ2) is 5.46. The van der Waals surface area contributed by atoms with Gasteiger partial charge in [-0.2, -0.15) is 4.90 Å². The molecule has 1 heterocycles. The van der Waals surface area contributed by atoms with Crippen LogP contribution in [0.5, 0.6) is 0 Å². The first-order valence-corrected chi connectivity index (χ1v) is 6.14. The van der Waals surface area contributed by atoms with Crippen molar-refractivity contribution in [3.63, 3.8) is 0 Å². The van der Waals surface area contributed by atoms with Crippen LogP contribution in [-0.4, -0.2) is 31.6 Å². The van der Waals surface area contributed by atoms with Gasteiger partial charge in [-0.1, -0.05) is 50.2 Å². The van der Waals surface area contributed by atoms with E-state index in [0.29, 0.717) is 11.3 Å². The van der Waals surface area contributed by atoms with Crippen molar-refractivity contribution in [1.82, 2.24) is 4.90 Å². The van der Waals surface area contributed by atoms with Crippen molar-refractivity contribution in [1.29, 1.82) is 0 Å². The summed E-state index contributed by atoms with van der Waals surface area (Å²) in [5, 5.41) is 8.46. The van der Waals surface area contributed by atoms with Gasteiger partial charge < -0.3 is 5.11 Å². The molecule has 1 saturated heterocycles. The fraction of sp³-hybridized carbons (Fsp3) is 0.667. The van der Waals surface area contributed by atoms with Gasteiger partial charge in [0.25, 0.3) is 5.91 Å². The number of hydrogen-bond acceptors (Lipinski definition) is 4. The first-order valence-electron chi connectivity index (χ1n) is 4.85. The molecule has 0 radical (unpaired) electrons. The number of imide groups is 1. The van der Waals surface area contributed by atoms with E-state index >= 15 is 0 Å². The predicted octanol–water partition coefficient (Wildman–Crippen LogP) is 2.47. The molecule has 4 nitrogen and oxygen atoms in total. The van der Waals surface area contributed by atoms with Crippen molar-refractivity contribution in [2.75, 3.05) is 0 Å². The molecule has 6 heteroatoms. The van der Waals surface area contributed by atoms with Crippen molar-refractivity contribution in [3.8, 4) is 0 Å². The number of unbranched alkanes of at least 4 members (excludes halogenated alkanes) is 2. The molecule has 0 aromatic heterocycles. The minimum absolute atomic E-state index is 0.161. The lowest BCUT2D eigenvalue weighted by Crippen LogP contribution is -2.35. The standard InChI is InChI=1S/C9H13NO3S2/c1-2-3-4-5-6-7(11)10(8(12)13)9(14)15-6/h6H,2-5H2,1H3,(H,12,13). The summed E-state index contributed by atoms with van der Waals surface area (Å²) in [5.74, 6) is -0.381. The number of hydrogen-bond donors (Lipinski definition) is 1. The molecule has 0 aromatic rings. The Morgan fingerprint density at radius 3 is 2.73 bits per heavy atom. The molecule has 0 spiro atoms. The topological polar surface area (TPSA) is 57.6 Å². The van der Waals surface area contributed by atoms with Gasteiger partial charge in [0.05, 0.1) is 5.25 Å². The highest BCUT2D eigenvalue weighted by atomic mass is 32.2. The Hall–Kier alpha value is -0.620. The minimum Gasteiger partial charge on any atom is -0.464 e. The van der Waals surface area contributed by atoms with Crippen LogP contribution in [0.1, 0.15) is 32.6 Å². The fourth-order valence-corrected chi connectivity index (χ4v) is 2.92. The monoisotopic (exact) mass is 247 g/mol. The number of amides is 2. The first-order chi connectivity index (χ1) is 7.07. The molecule has 0 bridgehead atoms. The van der Waals surface area contributed by atoms with Crippen LogP contribution < -0.4 is 0 Å². The van der Waals surface area contributed by atoms with Gasteiger partial charge in [0.1, 0.15) is 0 Å². The Bertz CT molecular complexity index is 293. The summed E-state index contributed by atoms with van der Waals surface area (Å²) >= 11 is 6.02. The van der Waals surface area contributed by atoms with Crippen molar-refractivity contribution in [2.45, 2.75) is 37.9 Å². The first kappa shape index (κ1) is 12.4. The van der Waals surface area contributed by atoms with Crippen molar-refractivity contribution >= 4 is 40.3 Å². The largest absolute Gasteiger partial charge is 0.464 e. The van der Waals surface area contributed by atoms with Crippen LogP contribution in [0.25, 0.3) is 0 Å². The number of thioether (sulfide) groups is 1.